The van der Waals surface area contributed by atoms with Gasteiger partial charge in [-0.25, -0.2) is 17.9 Å². The second-order valence-electron chi connectivity index (χ2n) is 3.59. The Hall–Kier alpha value is -1.39. The molecule has 20 heavy (non-hydrogen) atoms. The number of hydrogen-bond donors (Lipinski definition) is 2. The van der Waals surface area contributed by atoms with Crippen LogP contribution in [-0.4, -0.2) is 33.8 Å². The van der Waals surface area contributed by atoms with Gasteiger partial charge in [-0.3, -0.25) is 9.89 Å². The maximum absolute atomic E-state index is 11.1. The molecular formula is C10H7N2NaO6S. The SMILES string of the molecule is O=C(O)c1cc(=O)[nH]n1-c1ccc(S(=O)(=O)[O-])cc1.[Na+]. The Labute approximate surface area is 135 Å². The first-order valence-electron chi connectivity index (χ1n) is 4.91. The molecule has 0 unspecified atom stereocenters. The second kappa shape index (κ2) is 5.94. The van der Waals surface area contributed by atoms with Crippen LogP contribution < -0.4 is 35.1 Å². The van der Waals surface area contributed by atoms with Crippen molar-refractivity contribution in [2.24, 2.45) is 0 Å². The van der Waals surface area contributed by atoms with Crippen LogP contribution in [0.25, 0.3) is 5.69 Å². The van der Waals surface area contributed by atoms with Crippen molar-refractivity contribution in [3.8, 4) is 5.69 Å². The fourth-order valence-electron chi connectivity index (χ4n) is 1.51. The van der Waals surface area contributed by atoms with E-state index in [1.54, 1.807) is 0 Å². The molecule has 0 aliphatic heterocycles. The molecular weight excluding hydrogens is 299 g/mol. The third kappa shape index (κ3) is 3.38. The summed E-state index contributed by atoms with van der Waals surface area (Å²) in [6.45, 7) is 0. The normalized spacial score (nSPS) is 10.8. The van der Waals surface area contributed by atoms with E-state index in [0.717, 1.165) is 22.9 Å². The van der Waals surface area contributed by atoms with E-state index in [0.29, 0.717) is 0 Å². The third-order valence-electron chi connectivity index (χ3n) is 2.33. The number of aromatic carboxylic acids is 1. The number of aromatic nitrogens is 2. The largest absolute Gasteiger partial charge is 1.00 e. The smallest absolute Gasteiger partial charge is 0.744 e. The number of nitrogens with one attached hydrogen (secondary N) is 1. The molecule has 1 aromatic heterocycles. The van der Waals surface area contributed by atoms with Gasteiger partial charge in [0.1, 0.15) is 10.1 Å². The van der Waals surface area contributed by atoms with Crippen LogP contribution in [0.1, 0.15) is 10.5 Å². The summed E-state index contributed by atoms with van der Waals surface area (Å²) < 4.78 is 33.2. The zero-order chi connectivity index (χ0) is 14.2. The number of carboxylic acids is 1. The third-order valence-corrected chi connectivity index (χ3v) is 3.18. The molecule has 0 saturated carbocycles. The van der Waals surface area contributed by atoms with Crippen molar-refractivity contribution >= 4 is 16.1 Å². The maximum Gasteiger partial charge on any atom is 1.00 e. The van der Waals surface area contributed by atoms with E-state index >= 15 is 0 Å². The van der Waals surface area contributed by atoms with Crippen LogP contribution >= 0.6 is 0 Å². The summed E-state index contributed by atoms with van der Waals surface area (Å²) in [7, 11) is -4.57. The average molecular weight is 306 g/mol. The summed E-state index contributed by atoms with van der Waals surface area (Å²) >= 11 is 0. The summed E-state index contributed by atoms with van der Waals surface area (Å²) in [4.78, 5) is 21.6. The minimum atomic E-state index is -4.57. The molecule has 0 aliphatic rings. The van der Waals surface area contributed by atoms with Gasteiger partial charge in [-0.05, 0) is 24.3 Å². The summed E-state index contributed by atoms with van der Waals surface area (Å²) in [6, 6.07) is 5.38. The molecule has 2 N–H and O–H groups in total. The molecule has 0 radical (unpaired) electrons. The fraction of sp³-hybridized carbons (Fsp3) is 0. The van der Waals surface area contributed by atoms with Crippen molar-refractivity contribution in [2.75, 3.05) is 0 Å². The summed E-state index contributed by atoms with van der Waals surface area (Å²) in [6.07, 6.45) is 0. The quantitative estimate of drug-likeness (QED) is 0.452. The van der Waals surface area contributed by atoms with Crippen molar-refractivity contribution in [3.05, 3.63) is 46.4 Å². The summed E-state index contributed by atoms with van der Waals surface area (Å²) in [5.74, 6) is -1.32. The molecule has 10 heteroatoms. The topological polar surface area (TPSA) is 132 Å². The first-order chi connectivity index (χ1) is 8.79. The van der Waals surface area contributed by atoms with E-state index in [-0.39, 0.29) is 40.9 Å². The monoisotopic (exact) mass is 306 g/mol. The van der Waals surface area contributed by atoms with E-state index in [2.05, 4.69) is 5.10 Å². The van der Waals surface area contributed by atoms with Gasteiger partial charge in [-0.15, -0.1) is 0 Å². The Bertz CT molecular complexity index is 790. The molecule has 0 atom stereocenters. The van der Waals surface area contributed by atoms with Crippen LogP contribution in [0.15, 0.2) is 40.0 Å². The van der Waals surface area contributed by atoms with Gasteiger partial charge in [0, 0.05) is 6.07 Å². The van der Waals surface area contributed by atoms with E-state index in [4.69, 9.17) is 5.11 Å². The van der Waals surface area contributed by atoms with Crippen molar-refractivity contribution in [1.29, 1.82) is 0 Å². The number of nitrogens with zero attached hydrogens (tertiary/aromatic N) is 1. The Morgan fingerprint density at radius 3 is 2.25 bits per heavy atom. The number of aromatic amines is 1. The number of rotatable bonds is 3. The van der Waals surface area contributed by atoms with Gasteiger partial charge in [-0.2, -0.15) is 0 Å². The number of carbonyl (C=O) groups is 1. The molecule has 1 heterocycles. The number of benzene rings is 1. The van der Waals surface area contributed by atoms with E-state index in [9.17, 15) is 22.6 Å². The molecule has 0 spiro atoms. The van der Waals surface area contributed by atoms with Gasteiger partial charge in [0.15, 0.2) is 5.69 Å². The standard InChI is InChI=1S/C10H8N2O6S.Na/c13-9-5-8(10(14)15)12(11-9)6-1-3-7(4-2-6)19(16,17)18;/h1-5H,(H,11,13)(H,14,15)(H,16,17,18);/q;+1/p-1. The van der Waals surface area contributed by atoms with Crippen LogP contribution in [0.5, 0.6) is 0 Å². The average Bonchev–Trinajstić information content (AvgIpc) is 2.70. The molecule has 0 aliphatic carbocycles. The van der Waals surface area contributed by atoms with Crippen molar-refractivity contribution < 1.29 is 52.4 Å². The van der Waals surface area contributed by atoms with Crippen molar-refractivity contribution in [1.82, 2.24) is 9.78 Å². The minimum absolute atomic E-state index is 0. The Balaban J connectivity index is 0.00000200. The van der Waals surface area contributed by atoms with Gasteiger partial charge < -0.3 is 9.66 Å². The van der Waals surface area contributed by atoms with Gasteiger partial charge in [0.2, 0.25) is 0 Å². The van der Waals surface area contributed by atoms with E-state index < -0.39 is 26.5 Å². The van der Waals surface area contributed by atoms with Crippen LogP contribution in [0.3, 0.4) is 0 Å². The van der Waals surface area contributed by atoms with Crippen LogP contribution in [0.4, 0.5) is 0 Å². The molecule has 0 amide bonds. The van der Waals surface area contributed by atoms with Crippen molar-refractivity contribution in [2.45, 2.75) is 4.90 Å². The van der Waals surface area contributed by atoms with Gasteiger partial charge in [-0.1, -0.05) is 0 Å². The predicted molar refractivity (Wildman–Crippen MR) is 61.3 cm³/mol. The molecule has 2 aromatic rings. The van der Waals surface area contributed by atoms with Gasteiger partial charge in [0.25, 0.3) is 5.56 Å². The van der Waals surface area contributed by atoms with Crippen LogP contribution in [0.2, 0.25) is 0 Å². The first-order valence-corrected chi connectivity index (χ1v) is 6.31. The molecule has 100 valence electrons. The van der Waals surface area contributed by atoms with Crippen LogP contribution in [0, 0.1) is 0 Å². The maximum atomic E-state index is 11.1. The van der Waals surface area contributed by atoms with Gasteiger partial charge >= 0.3 is 35.5 Å². The number of H-pyrrole nitrogens is 1. The Kier molecular flexibility index (Phi) is 4.95. The van der Waals surface area contributed by atoms with E-state index in [1.165, 1.54) is 12.1 Å². The molecule has 8 nitrogen and oxygen atoms in total. The molecule has 2 rings (SSSR count). The fourth-order valence-corrected chi connectivity index (χ4v) is 1.98. The number of hydrogen-bond acceptors (Lipinski definition) is 5. The zero-order valence-electron chi connectivity index (χ0n) is 10.2. The molecule has 0 saturated heterocycles. The molecule has 1 aromatic carbocycles. The predicted octanol–water partition coefficient (Wildman–Crippen LogP) is -3.23. The number of carboxylic acid groups (broad SMARTS) is 1. The Morgan fingerprint density at radius 1 is 1.25 bits per heavy atom. The summed E-state index contributed by atoms with van der Waals surface area (Å²) in [5, 5.41) is 11.2. The second-order valence-corrected chi connectivity index (χ2v) is 4.97. The van der Waals surface area contributed by atoms with E-state index in [1.807, 2.05) is 0 Å². The zero-order valence-corrected chi connectivity index (χ0v) is 13.0. The first kappa shape index (κ1) is 16.7. The summed E-state index contributed by atoms with van der Waals surface area (Å²) in [5.41, 5.74) is -0.701. The minimum Gasteiger partial charge on any atom is -0.744 e. The molecule has 0 bridgehead atoms. The van der Waals surface area contributed by atoms with Gasteiger partial charge in [0.05, 0.1) is 10.6 Å². The Morgan fingerprint density at radius 2 is 1.80 bits per heavy atom. The van der Waals surface area contributed by atoms with Crippen molar-refractivity contribution in [3.63, 3.8) is 0 Å². The molecule has 0 fully saturated rings. The van der Waals surface area contributed by atoms with Crippen LogP contribution in [-0.2, 0) is 10.1 Å².